The van der Waals surface area contributed by atoms with Crippen LogP contribution >= 0.6 is 28.1 Å². The summed E-state index contributed by atoms with van der Waals surface area (Å²) in [6.45, 7) is 10.1. The van der Waals surface area contributed by atoms with Crippen LogP contribution in [0.5, 0.6) is 0 Å². The van der Waals surface area contributed by atoms with E-state index >= 15 is 0 Å². The minimum absolute atomic E-state index is 0.456. The number of hydrazone groups is 1. The van der Waals surface area contributed by atoms with Gasteiger partial charge < -0.3 is 5.32 Å². The van der Waals surface area contributed by atoms with Crippen LogP contribution < -0.4 is 10.7 Å². The molecule has 24 heavy (non-hydrogen) atoms. The van der Waals surface area contributed by atoms with E-state index in [-0.39, 0.29) is 0 Å². The zero-order valence-corrected chi connectivity index (χ0v) is 16.4. The highest BCUT2D eigenvalue weighted by atomic mass is 79.9. The smallest absolute Gasteiger partial charge is 0.191 e. The maximum Gasteiger partial charge on any atom is 0.191 e. The first-order chi connectivity index (χ1) is 11.4. The molecule has 0 unspecified atom stereocenters. The number of benzene rings is 2. The van der Waals surface area contributed by atoms with Crippen LogP contribution in [-0.4, -0.2) is 11.3 Å². The van der Waals surface area contributed by atoms with E-state index in [1.165, 1.54) is 0 Å². The molecule has 0 spiro atoms. The summed E-state index contributed by atoms with van der Waals surface area (Å²) in [5, 5.41) is 7.88. The Bertz CT molecular complexity index is 792. The van der Waals surface area contributed by atoms with Crippen molar-refractivity contribution in [2.75, 3.05) is 5.32 Å². The van der Waals surface area contributed by atoms with Crippen molar-refractivity contribution in [2.24, 2.45) is 5.10 Å². The van der Waals surface area contributed by atoms with Gasteiger partial charge in [-0.05, 0) is 61.8 Å². The normalized spacial score (nSPS) is 10.7. The fraction of sp³-hybridized carbons (Fsp3) is 0.158. The molecule has 0 bridgehead atoms. The molecule has 0 aliphatic rings. The second kappa shape index (κ2) is 8.22. The van der Waals surface area contributed by atoms with E-state index in [1.807, 2.05) is 57.2 Å². The zero-order chi connectivity index (χ0) is 17.7. The summed E-state index contributed by atoms with van der Waals surface area (Å²) in [7, 11) is 0. The molecule has 0 fully saturated rings. The number of rotatable bonds is 4. The molecule has 0 atom stereocenters. The zero-order valence-electron chi connectivity index (χ0n) is 14.0. The Morgan fingerprint density at radius 1 is 1.21 bits per heavy atom. The Balaban J connectivity index is 2.07. The van der Waals surface area contributed by atoms with Gasteiger partial charge in [0, 0.05) is 15.7 Å². The maximum absolute atomic E-state index is 5.31. The summed E-state index contributed by atoms with van der Waals surface area (Å²) in [5.74, 6) is 0. The van der Waals surface area contributed by atoms with E-state index < -0.39 is 0 Å². The van der Waals surface area contributed by atoms with Crippen molar-refractivity contribution < 1.29 is 0 Å². The number of nitrogens with one attached hydrogen (secondary N) is 2. The molecule has 2 aromatic carbocycles. The lowest BCUT2D eigenvalue weighted by molar-refractivity contribution is 1.05. The first-order valence-corrected chi connectivity index (χ1v) is 8.70. The number of hydrogen-bond acceptors (Lipinski definition) is 2. The van der Waals surface area contributed by atoms with Crippen LogP contribution in [0, 0.1) is 13.8 Å². The van der Waals surface area contributed by atoms with Crippen LogP contribution in [0.3, 0.4) is 0 Å². The monoisotopic (exact) mass is 401 g/mol. The number of nitrogens with zero attached hydrogens (tertiary/aromatic N) is 1. The number of allylic oxidation sites excluding steroid dienone is 1. The molecule has 0 aromatic heterocycles. The van der Waals surface area contributed by atoms with E-state index in [2.05, 4.69) is 38.4 Å². The van der Waals surface area contributed by atoms with Crippen molar-refractivity contribution in [3.63, 3.8) is 0 Å². The summed E-state index contributed by atoms with van der Waals surface area (Å²) in [6, 6.07) is 12.1. The van der Waals surface area contributed by atoms with Gasteiger partial charge in [-0.25, -0.2) is 0 Å². The lowest BCUT2D eigenvalue weighted by Crippen LogP contribution is -2.24. The van der Waals surface area contributed by atoms with Crippen molar-refractivity contribution in [1.29, 1.82) is 0 Å². The Morgan fingerprint density at radius 2 is 1.88 bits per heavy atom. The van der Waals surface area contributed by atoms with E-state index in [4.69, 9.17) is 12.2 Å². The first kappa shape index (κ1) is 18.4. The lowest BCUT2D eigenvalue weighted by Gasteiger charge is -2.12. The van der Waals surface area contributed by atoms with Gasteiger partial charge in [-0.3, -0.25) is 5.43 Å². The third kappa shape index (κ3) is 4.76. The van der Waals surface area contributed by atoms with Crippen molar-refractivity contribution in [3.8, 4) is 0 Å². The van der Waals surface area contributed by atoms with Gasteiger partial charge in [0.2, 0.25) is 0 Å². The molecule has 0 heterocycles. The van der Waals surface area contributed by atoms with Gasteiger partial charge in [0.05, 0.1) is 6.21 Å². The maximum atomic E-state index is 5.31. The van der Waals surface area contributed by atoms with Crippen LogP contribution in [0.2, 0.25) is 0 Å². The van der Waals surface area contributed by atoms with Gasteiger partial charge in [-0.15, -0.1) is 0 Å². The molecule has 124 valence electrons. The number of thiocarbonyl (C=S) groups is 1. The molecule has 0 radical (unpaired) electrons. The van der Waals surface area contributed by atoms with Crippen molar-refractivity contribution in [2.45, 2.75) is 20.8 Å². The molecule has 3 nitrogen and oxygen atoms in total. The van der Waals surface area contributed by atoms with Crippen LogP contribution in [0.4, 0.5) is 5.69 Å². The molecule has 2 rings (SSSR count). The average molecular weight is 402 g/mol. The first-order valence-electron chi connectivity index (χ1n) is 7.50. The van der Waals surface area contributed by atoms with Crippen molar-refractivity contribution in [3.05, 3.63) is 69.7 Å². The average Bonchev–Trinajstić information content (AvgIpc) is 2.52. The Kier molecular flexibility index (Phi) is 6.29. The van der Waals surface area contributed by atoms with Gasteiger partial charge in [0.15, 0.2) is 5.11 Å². The highest BCUT2D eigenvalue weighted by Gasteiger charge is 2.04. The predicted octanol–water partition coefficient (Wildman–Crippen LogP) is 5.42. The molecule has 5 heteroatoms. The molecular weight excluding hydrogens is 382 g/mol. The molecule has 0 aliphatic heterocycles. The quantitative estimate of drug-likeness (QED) is 0.407. The van der Waals surface area contributed by atoms with E-state index in [9.17, 15) is 0 Å². The molecular formula is C19H20BrN3S. The number of para-hydroxylation sites is 1. The Labute approximate surface area is 157 Å². The van der Waals surface area contributed by atoms with E-state index in [0.717, 1.165) is 38.0 Å². The van der Waals surface area contributed by atoms with Crippen molar-refractivity contribution >= 4 is 50.7 Å². The third-order valence-electron chi connectivity index (χ3n) is 3.56. The number of aryl methyl sites for hydroxylation is 2. The topological polar surface area (TPSA) is 36.4 Å². The second-order valence-corrected chi connectivity index (χ2v) is 6.93. The molecule has 0 saturated carbocycles. The molecule has 2 aromatic rings. The second-order valence-electron chi connectivity index (χ2n) is 5.60. The minimum atomic E-state index is 0.456. The molecule has 0 aliphatic carbocycles. The van der Waals surface area contributed by atoms with Crippen LogP contribution in [0.25, 0.3) is 5.57 Å². The summed E-state index contributed by atoms with van der Waals surface area (Å²) in [4.78, 5) is 0. The van der Waals surface area contributed by atoms with Crippen LogP contribution in [-0.2, 0) is 0 Å². The van der Waals surface area contributed by atoms with E-state index in [0.29, 0.717) is 5.11 Å². The fourth-order valence-corrected chi connectivity index (χ4v) is 2.84. The van der Waals surface area contributed by atoms with Crippen LogP contribution in [0.1, 0.15) is 29.2 Å². The highest BCUT2D eigenvalue weighted by Crippen LogP contribution is 2.21. The van der Waals surface area contributed by atoms with Gasteiger partial charge in [-0.2, -0.15) is 5.10 Å². The third-order valence-corrected chi connectivity index (χ3v) is 4.25. The lowest BCUT2D eigenvalue weighted by atomic mass is 10.0. The number of halogens is 1. The van der Waals surface area contributed by atoms with Gasteiger partial charge in [0.1, 0.15) is 0 Å². The van der Waals surface area contributed by atoms with Gasteiger partial charge in [-0.1, -0.05) is 52.3 Å². The molecule has 2 N–H and O–H groups in total. The predicted molar refractivity (Wildman–Crippen MR) is 112 cm³/mol. The summed E-state index contributed by atoms with van der Waals surface area (Å²) in [5.41, 5.74) is 9.16. The standard InChI is InChI=1S/C19H20BrN3S/c1-12(2)17-10-16(20)9-8-15(17)11-21-23-19(24)22-18-13(3)6-5-7-14(18)4/h5-11H,1H2,2-4H3,(H2,22,23,24)/b21-11+. The Morgan fingerprint density at radius 3 is 2.50 bits per heavy atom. The fourth-order valence-electron chi connectivity index (χ4n) is 2.32. The van der Waals surface area contributed by atoms with Gasteiger partial charge in [0.25, 0.3) is 0 Å². The summed E-state index contributed by atoms with van der Waals surface area (Å²) >= 11 is 8.79. The van der Waals surface area contributed by atoms with E-state index in [1.54, 1.807) is 6.21 Å². The summed E-state index contributed by atoms with van der Waals surface area (Å²) < 4.78 is 1.01. The number of hydrogen-bond donors (Lipinski definition) is 2. The summed E-state index contributed by atoms with van der Waals surface area (Å²) in [6.07, 6.45) is 1.75. The highest BCUT2D eigenvalue weighted by molar-refractivity contribution is 9.10. The number of anilines is 1. The Hall–Kier alpha value is -1.98. The van der Waals surface area contributed by atoms with Gasteiger partial charge >= 0.3 is 0 Å². The minimum Gasteiger partial charge on any atom is -0.331 e. The SMILES string of the molecule is C=C(C)c1cc(Br)ccc1/C=N/NC(=S)Nc1c(C)cccc1C. The largest absolute Gasteiger partial charge is 0.331 e. The van der Waals surface area contributed by atoms with Crippen molar-refractivity contribution in [1.82, 2.24) is 5.43 Å². The molecule has 0 saturated heterocycles. The van der Waals surface area contributed by atoms with Crippen LogP contribution in [0.15, 0.2) is 52.6 Å². The molecule has 0 amide bonds.